The van der Waals surface area contributed by atoms with Gasteiger partial charge in [0.1, 0.15) is 22.3 Å². The van der Waals surface area contributed by atoms with Gasteiger partial charge >= 0.3 is 0 Å². The molecule has 0 bridgehead atoms. The van der Waals surface area contributed by atoms with Crippen LogP contribution in [0.5, 0.6) is 0 Å². The lowest BCUT2D eigenvalue weighted by atomic mass is 9.87. The van der Waals surface area contributed by atoms with Crippen LogP contribution >= 0.6 is 0 Å². The van der Waals surface area contributed by atoms with E-state index >= 15 is 0 Å². The first-order valence-corrected chi connectivity index (χ1v) is 20.8. The normalized spacial score (nSPS) is 11.5. The van der Waals surface area contributed by atoms with Gasteiger partial charge in [-0.05, 0) is 80.9 Å². The van der Waals surface area contributed by atoms with Gasteiger partial charge in [-0.25, -0.2) is 15.0 Å². The quantitative estimate of drug-likeness (QED) is 0.161. The summed E-state index contributed by atoms with van der Waals surface area (Å²) in [7, 11) is 0. The molecule has 5 heteroatoms. The zero-order chi connectivity index (χ0) is 41.0. The van der Waals surface area contributed by atoms with Gasteiger partial charge in [0.25, 0.3) is 0 Å². The lowest BCUT2D eigenvalue weighted by molar-refractivity contribution is 0.669. The molecule has 0 aliphatic heterocycles. The summed E-state index contributed by atoms with van der Waals surface area (Å²) >= 11 is 0. The van der Waals surface area contributed by atoms with Gasteiger partial charge in [0, 0.05) is 27.1 Å². The predicted octanol–water partition coefficient (Wildman–Crippen LogP) is 15.3. The number of para-hydroxylation sites is 4. The van der Waals surface area contributed by atoms with Crippen molar-refractivity contribution >= 4 is 43.9 Å². The number of aromatic nitrogens is 3. The van der Waals surface area contributed by atoms with E-state index in [4.69, 9.17) is 23.8 Å². The second-order valence-electron chi connectivity index (χ2n) is 15.5. The summed E-state index contributed by atoms with van der Waals surface area (Å²) in [6, 6.07) is 73.5. The molecule has 5 nitrogen and oxygen atoms in total. The highest BCUT2D eigenvalue weighted by atomic mass is 16.3. The highest BCUT2D eigenvalue weighted by molar-refractivity contribution is 6.10. The molecule has 0 aliphatic carbocycles. The minimum absolute atomic E-state index is 0.499. The zero-order valence-electron chi connectivity index (χ0n) is 33.4. The molecule has 3 aromatic heterocycles. The van der Waals surface area contributed by atoms with Gasteiger partial charge in [0.15, 0.2) is 17.5 Å². The maximum Gasteiger partial charge on any atom is 0.167 e. The average molecular weight is 794 g/mol. The third-order valence-electron chi connectivity index (χ3n) is 11.8. The summed E-state index contributed by atoms with van der Waals surface area (Å²) in [5.74, 6) is 1.53. The van der Waals surface area contributed by atoms with Gasteiger partial charge in [-0.3, -0.25) is 0 Å². The van der Waals surface area contributed by atoms with Gasteiger partial charge in [0.05, 0.1) is 11.1 Å². The summed E-state index contributed by atoms with van der Waals surface area (Å²) in [5, 5.41) is 4.07. The summed E-state index contributed by atoms with van der Waals surface area (Å²) < 4.78 is 13.2. The van der Waals surface area contributed by atoms with Gasteiger partial charge < -0.3 is 8.83 Å². The predicted molar refractivity (Wildman–Crippen MR) is 252 cm³/mol. The van der Waals surface area contributed by atoms with Crippen LogP contribution in [0.1, 0.15) is 0 Å². The van der Waals surface area contributed by atoms with Crippen LogP contribution in [-0.2, 0) is 0 Å². The van der Waals surface area contributed by atoms with Gasteiger partial charge in [0.2, 0.25) is 0 Å². The molecule has 62 heavy (non-hydrogen) atoms. The van der Waals surface area contributed by atoms with Crippen molar-refractivity contribution in [3.8, 4) is 78.7 Å². The highest BCUT2D eigenvalue weighted by Crippen LogP contribution is 2.45. The molecule has 3 heterocycles. The van der Waals surface area contributed by atoms with Crippen molar-refractivity contribution < 1.29 is 8.83 Å². The molecule has 0 fully saturated rings. The van der Waals surface area contributed by atoms with Crippen LogP contribution < -0.4 is 0 Å². The number of hydrogen-bond donors (Lipinski definition) is 0. The van der Waals surface area contributed by atoms with E-state index < -0.39 is 0 Å². The standard InChI is InChI=1S/C57H35N3O2/c1-4-16-36(17-5-1)38-30-32-40(33-31-38)49-35-41(37-18-6-2-7-19-37)34-48(39-20-8-3-9-21-39)52(49)57-59-55(46-26-14-24-44-42-22-10-12-28-50(42)61-53(44)46)58-56(60-57)47-27-15-25-45-43-23-11-13-29-51(43)62-54(45)47/h1-35H. The van der Waals surface area contributed by atoms with Crippen LogP contribution in [0.15, 0.2) is 221 Å². The summed E-state index contributed by atoms with van der Waals surface area (Å²) in [4.78, 5) is 16.3. The van der Waals surface area contributed by atoms with Crippen molar-refractivity contribution in [3.63, 3.8) is 0 Å². The molecule has 0 saturated carbocycles. The van der Waals surface area contributed by atoms with Crippen molar-refractivity contribution in [3.05, 3.63) is 212 Å². The molecule has 0 unspecified atom stereocenters. The fourth-order valence-electron chi connectivity index (χ4n) is 8.80. The molecule has 9 aromatic carbocycles. The first-order valence-electron chi connectivity index (χ1n) is 20.8. The Labute approximate surface area is 357 Å². The third kappa shape index (κ3) is 6.06. The van der Waals surface area contributed by atoms with Crippen LogP contribution in [0.4, 0.5) is 0 Å². The average Bonchev–Trinajstić information content (AvgIpc) is 3.93. The van der Waals surface area contributed by atoms with Crippen LogP contribution in [0.25, 0.3) is 123 Å². The maximum atomic E-state index is 6.62. The van der Waals surface area contributed by atoms with E-state index in [1.54, 1.807) is 0 Å². The molecule has 0 spiro atoms. The Balaban J connectivity index is 1.18. The van der Waals surface area contributed by atoms with E-state index in [9.17, 15) is 0 Å². The van der Waals surface area contributed by atoms with E-state index in [0.717, 1.165) is 105 Å². The Morgan fingerprint density at radius 2 is 0.629 bits per heavy atom. The van der Waals surface area contributed by atoms with E-state index in [2.05, 4.69) is 146 Å². The van der Waals surface area contributed by atoms with Gasteiger partial charge in [-0.1, -0.05) is 176 Å². The highest BCUT2D eigenvalue weighted by Gasteiger charge is 2.24. The smallest absolute Gasteiger partial charge is 0.167 e. The zero-order valence-corrected chi connectivity index (χ0v) is 33.4. The first kappa shape index (κ1) is 35.5. The molecule has 12 rings (SSSR count). The van der Waals surface area contributed by atoms with Gasteiger partial charge in [-0.15, -0.1) is 0 Å². The molecule has 290 valence electrons. The monoisotopic (exact) mass is 793 g/mol. The second-order valence-corrected chi connectivity index (χ2v) is 15.5. The van der Waals surface area contributed by atoms with E-state index in [0.29, 0.717) is 17.5 Å². The molecule has 0 amide bonds. The lowest BCUT2D eigenvalue weighted by Crippen LogP contribution is -2.03. The minimum Gasteiger partial charge on any atom is -0.455 e. The van der Waals surface area contributed by atoms with Crippen LogP contribution in [0.3, 0.4) is 0 Å². The number of nitrogens with zero attached hydrogens (tertiary/aromatic N) is 3. The van der Waals surface area contributed by atoms with Crippen LogP contribution in [0.2, 0.25) is 0 Å². The SMILES string of the molecule is c1ccc(-c2ccc(-c3cc(-c4ccccc4)cc(-c4ccccc4)c3-c3nc(-c4cccc5c4oc4ccccc45)nc(-c4cccc5c4oc4ccccc45)n3)cc2)cc1. The molecule has 0 saturated heterocycles. The number of furan rings is 2. The van der Waals surface area contributed by atoms with Crippen molar-refractivity contribution in [2.45, 2.75) is 0 Å². The Morgan fingerprint density at radius 1 is 0.258 bits per heavy atom. The Morgan fingerprint density at radius 3 is 1.15 bits per heavy atom. The Hall–Kier alpha value is -8.41. The molecule has 0 N–H and O–H groups in total. The number of rotatable bonds is 7. The number of fused-ring (bicyclic) bond motifs is 6. The molecule has 0 aliphatic rings. The summed E-state index contributed by atoms with van der Waals surface area (Å²) in [6.45, 7) is 0. The van der Waals surface area contributed by atoms with Crippen LogP contribution in [-0.4, -0.2) is 15.0 Å². The van der Waals surface area contributed by atoms with Gasteiger partial charge in [-0.2, -0.15) is 0 Å². The van der Waals surface area contributed by atoms with E-state index in [1.807, 2.05) is 66.7 Å². The molecular formula is C57H35N3O2. The second kappa shape index (κ2) is 14.7. The number of benzene rings is 9. The number of hydrogen-bond acceptors (Lipinski definition) is 5. The fraction of sp³-hybridized carbons (Fsp3) is 0. The van der Waals surface area contributed by atoms with E-state index in [-0.39, 0.29) is 0 Å². The Kier molecular flexibility index (Phi) is 8.42. The minimum atomic E-state index is 0.499. The van der Waals surface area contributed by atoms with Crippen molar-refractivity contribution in [1.82, 2.24) is 15.0 Å². The molecule has 12 aromatic rings. The third-order valence-corrected chi connectivity index (χ3v) is 11.8. The summed E-state index contributed by atoms with van der Waals surface area (Å²) in [5.41, 5.74) is 14.1. The van der Waals surface area contributed by atoms with Crippen molar-refractivity contribution in [2.75, 3.05) is 0 Å². The van der Waals surface area contributed by atoms with Crippen molar-refractivity contribution in [2.24, 2.45) is 0 Å². The Bertz CT molecular complexity index is 3480. The maximum absolute atomic E-state index is 6.62. The van der Waals surface area contributed by atoms with E-state index in [1.165, 1.54) is 0 Å². The summed E-state index contributed by atoms with van der Waals surface area (Å²) in [6.07, 6.45) is 0. The molecular weight excluding hydrogens is 759 g/mol. The molecule has 0 radical (unpaired) electrons. The first-order chi connectivity index (χ1) is 30.7. The topological polar surface area (TPSA) is 65.0 Å². The van der Waals surface area contributed by atoms with Crippen LogP contribution in [0, 0.1) is 0 Å². The largest absolute Gasteiger partial charge is 0.455 e. The molecule has 0 atom stereocenters. The fourth-order valence-corrected chi connectivity index (χ4v) is 8.80. The lowest BCUT2D eigenvalue weighted by Gasteiger charge is -2.19. The van der Waals surface area contributed by atoms with Crippen molar-refractivity contribution in [1.29, 1.82) is 0 Å².